The minimum atomic E-state index is -0.111. The first-order valence-electron chi connectivity index (χ1n) is 8.06. The summed E-state index contributed by atoms with van der Waals surface area (Å²) in [5.41, 5.74) is 2.71. The van der Waals surface area contributed by atoms with Crippen molar-refractivity contribution in [3.8, 4) is 11.5 Å². The lowest BCUT2D eigenvalue weighted by Gasteiger charge is -2.13. The molecule has 5 heteroatoms. The van der Waals surface area contributed by atoms with E-state index in [0.29, 0.717) is 18.7 Å². The summed E-state index contributed by atoms with van der Waals surface area (Å²) in [4.78, 5) is 12.3. The largest absolute Gasteiger partial charge is 0.494 e. The van der Waals surface area contributed by atoms with Gasteiger partial charge in [0.25, 0.3) is 5.91 Å². The summed E-state index contributed by atoms with van der Waals surface area (Å²) in [6.45, 7) is 4.99. The quantitative estimate of drug-likeness (QED) is 0.836. The molecule has 2 aromatic carbocycles. The van der Waals surface area contributed by atoms with Gasteiger partial charge in [0.2, 0.25) is 0 Å². The van der Waals surface area contributed by atoms with E-state index >= 15 is 0 Å². The number of carbonyl (C=O) groups excluding carboxylic acids is 1. The number of fused-ring (bicyclic) bond motifs is 1. The second-order valence-electron chi connectivity index (χ2n) is 5.82. The molecule has 1 aliphatic heterocycles. The molecule has 0 unspecified atom stereocenters. The molecule has 0 saturated heterocycles. The van der Waals surface area contributed by atoms with Crippen molar-refractivity contribution in [2.24, 2.45) is 0 Å². The van der Waals surface area contributed by atoms with E-state index in [9.17, 15) is 4.79 Å². The molecule has 1 amide bonds. The van der Waals surface area contributed by atoms with Crippen molar-refractivity contribution in [1.29, 1.82) is 0 Å². The molecular weight excluding hydrogens is 370 g/mol. The van der Waals surface area contributed by atoms with E-state index in [2.05, 4.69) is 28.2 Å². The Kier molecular flexibility index (Phi) is 5.09. The first kappa shape index (κ1) is 16.8. The summed E-state index contributed by atoms with van der Waals surface area (Å²) in [7, 11) is 0. The number of ether oxygens (including phenoxy) is 2. The van der Waals surface area contributed by atoms with Crippen molar-refractivity contribution in [2.75, 3.05) is 6.61 Å². The molecule has 0 saturated carbocycles. The molecule has 0 aromatic heterocycles. The average molecular weight is 390 g/mol. The predicted octanol–water partition coefficient (Wildman–Crippen LogP) is 4.10. The zero-order chi connectivity index (χ0) is 17.1. The van der Waals surface area contributed by atoms with Crippen LogP contribution in [0, 0.1) is 0 Å². The molecule has 1 atom stereocenters. The smallest absolute Gasteiger partial charge is 0.251 e. The van der Waals surface area contributed by atoms with Crippen LogP contribution < -0.4 is 14.8 Å². The van der Waals surface area contributed by atoms with Crippen molar-refractivity contribution >= 4 is 21.8 Å². The Bertz CT molecular complexity index is 743. The van der Waals surface area contributed by atoms with Crippen molar-refractivity contribution in [1.82, 2.24) is 5.32 Å². The van der Waals surface area contributed by atoms with Gasteiger partial charge in [0.1, 0.15) is 17.6 Å². The summed E-state index contributed by atoms with van der Waals surface area (Å²) < 4.78 is 12.5. The third-order valence-corrected chi connectivity index (χ3v) is 4.45. The molecule has 2 aromatic rings. The van der Waals surface area contributed by atoms with Crippen molar-refractivity contribution < 1.29 is 14.3 Å². The second-order valence-corrected chi connectivity index (χ2v) is 6.74. The molecule has 1 N–H and O–H groups in total. The molecular formula is C19H20BrNO3. The van der Waals surface area contributed by atoms with Crippen LogP contribution in [0.3, 0.4) is 0 Å². The van der Waals surface area contributed by atoms with E-state index in [4.69, 9.17) is 9.47 Å². The van der Waals surface area contributed by atoms with Crippen LogP contribution >= 0.6 is 15.9 Å². The molecule has 3 rings (SSSR count). The number of hydrogen-bond donors (Lipinski definition) is 1. The first-order valence-corrected chi connectivity index (χ1v) is 8.85. The van der Waals surface area contributed by atoms with Crippen molar-refractivity contribution in [3.05, 3.63) is 57.6 Å². The van der Waals surface area contributed by atoms with Crippen molar-refractivity contribution in [3.63, 3.8) is 0 Å². The van der Waals surface area contributed by atoms with Gasteiger partial charge in [0.05, 0.1) is 6.61 Å². The monoisotopic (exact) mass is 389 g/mol. The number of hydrogen-bond acceptors (Lipinski definition) is 3. The summed E-state index contributed by atoms with van der Waals surface area (Å²) in [6.07, 6.45) is 1.07. The lowest BCUT2D eigenvalue weighted by atomic mass is 10.1. The summed E-state index contributed by atoms with van der Waals surface area (Å²) in [5.74, 6) is 1.59. The van der Waals surface area contributed by atoms with Crippen LogP contribution in [0.25, 0.3) is 0 Å². The van der Waals surface area contributed by atoms with Gasteiger partial charge in [0, 0.05) is 34.1 Å². The maximum absolute atomic E-state index is 12.3. The standard InChI is InChI=1S/C19H20BrNO3/c1-3-23-17-9-14-8-12(2)24-18(14)10-15(17)11-21-19(22)13-4-6-16(20)7-5-13/h4-7,9-10,12H,3,8,11H2,1-2H3,(H,21,22)/t12-/m1/s1. The Labute approximate surface area is 150 Å². The number of halogens is 1. The van der Waals surface area contributed by atoms with Gasteiger partial charge in [-0.15, -0.1) is 0 Å². The highest BCUT2D eigenvalue weighted by Crippen LogP contribution is 2.35. The van der Waals surface area contributed by atoms with E-state index < -0.39 is 0 Å². The van der Waals surface area contributed by atoms with Crippen LogP contribution in [0.2, 0.25) is 0 Å². The minimum absolute atomic E-state index is 0.111. The highest BCUT2D eigenvalue weighted by Gasteiger charge is 2.22. The Hall–Kier alpha value is -2.01. The zero-order valence-corrected chi connectivity index (χ0v) is 15.4. The van der Waals surface area contributed by atoms with E-state index in [0.717, 1.165) is 33.5 Å². The normalized spacial score (nSPS) is 15.5. The fraction of sp³-hybridized carbons (Fsp3) is 0.316. The number of nitrogens with one attached hydrogen (secondary N) is 1. The molecule has 4 nitrogen and oxygen atoms in total. The molecule has 0 radical (unpaired) electrons. The van der Waals surface area contributed by atoms with Gasteiger partial charge in [-0.1, -0.05) is 15.9 Å². The van der Waals surface area contributed by atoms with E-state index in [1.165, 1.54) is 0 Å². The molecule has 0 aliphatic carbocycles. The van der Waals surface area contributed by atoms with Gasteiger partial charge < -0.3 is 14.8 Å². The maximum atomic E-state index is 12.3. The highest BCUT2D eigenvalue weighted by atomic mass is 79.9. The van der Waals surface area contributed by atoms with Gasteiger partial charge in [-0.25, -0.2) is 0 Å². The Morgan fingerprint density at radius 2 is 2.08 bits per heavy atom. The Morgan fingerprint density at radius 1 is 1.33 bits per heavy atom. The summed E-state index contributed by atoms with van der Waals surface area (Å²) >= 11 is 3.37. The lowest BCUT2D eigenvalue weighted by molar-refractivity contribution is 0.0950. The van der Waals surface area contributed by atoms with Crippen molar-refractivity contribution in [2.45, 2.75) is 32.9 Å². The summed E-state index contributed by atoms with van der Waals surface area (Å²) in [6, 6.07) is 11.3. The van der Waals surface area contributed by atoms with Crippen LogP contribution in [0.4, 0.5) is 0 Å². The van der Waals surface area contributed by atoms with Gasteiger partial charge in [0.15, 0.2) is 0 Å². The SMILES string of the molecule is CCOc1cc2c(cc1CNC(=O)c1ccc(Br)cc1)O[C@H](C)C2. The van der Waals surface area contributed by atoms with Crippen LogP contribution in [0.15, 0.2) is 40.9 Å². The second kappa shape index (κ2) is 7.26. The third-order valence-electron chi connectivity index (χ3n) is 3.92. The Balaban J connectivity index is 1.75. The molecule has 0 spiro atoms. The number of benzene rings is 2. The van der Waals surface area contributed by atoms with Crippen LogP contribution in [0.5, 0.6) is 11.5 Å². The molecule has 24 heavy (non-hydrogen) atoms. The number of amides is 1. The predicted molar refractivity (Wildman–Crippen MR) is 96.7 cm³/mol. The summed E-state index contributed by atoms with van der Waals surface area (Å²) in [5, 5.41) is 2.95. The van der Waals surface area contributed by atoms with E-state index in [1.807, 2.05) is 31.2 Å². The average Bonchev–Trinajstić information content (AvgIpc) is 2.92. The van der Waals surface area contributed by atoms with Gasteiger partial charge in [-0.3, -0.25) is 4.79 Å². The fourth-order valence-electron chi connectivity index (χ4n) is 2.79. The zero-order valence-electron chi connectivity index (χ0n) is 13.8. The first-order chi connectivity index (χ1) is 11.6. The number of rotatable bonds is 5. The topological polar surface area (TPSA) is 47.6 Å². The lowest BCUT2D eigenvalue weighted by Crippen LogP contribution is -2.23. The van der Waals surface area contributed by atoms with Crippen LogP contribution in [-0.4, -0.2) is 18.6 Å². The molecule has 0 fully saturated rings. The number of carbonyl (C=O) groups is 1. The van der Waals surface area contributed by atoms with E-state index in [-0.39, 0.29) is 12.0 Å². The molecule has 1 aliphatic rings. The van der Waals surface area contributed by atoms with E-state index in [1.54, 1.807) is 12.1 Å². The van der Waals surface area contributed by atoms with Crippen LogP contribution in [0.1, 0.15) is 35.3 Å². The maximum Gasteiger partial charge on any atom is 0.251 e. The third kappa shape index (κ3) is 3.73. The molecule has 1 heterocycles. The highest BCUT2D eigenvalue weighted by molar-refractivity contribution is 9.10. The van der Waals surface area contributed by atoms with Gasteiger partial charge in [-0.2, -0.15) is 0 Å². The fourth-order valence-corrected chi connectivity index (χ4v) is 3.05. The van der Waals surface area contributed by atoms with Gasteiger partial charge in [-0.05, 0) is 50.2 Å². The Morgan fingerprint density at radius 3 is 2.79 bits per heavy atom. The van der Waals surface area contributed by atoms with Gasteiger partial charge >= 0.3 is 0 Å². The molecule has 126 valence electrons. The van der Waals surface area contributed by atoms with Crippen LogP contribution in [-0.2, 0) is 13.0 Å². The minimum Gasteiger partial charge on any atom is -0.494 e. The molecule has 0 bridgehead atoms.